The Morgan fingerprint density at radius 3 is 2.90 bits per heavy atom. The lowest BCUT2D eigenvalue weighted by atomic mass is 10.2. The highest BCUT2D eigenvalue weighted by molar-refractivity contribution is 7.99. The van der Waals surface area contributed by atoms with Crippen LogP contribution < -0.4 is 0 Å². The van der Waals surface area contributed by atoms with E-state index in [1.165, 1.54) is 23.9 Å². The summed E-state index contributed by atoms with van der Waals surface area (Å²) < 4.78 is 18.0. The van der Waals surface area contributed by atoms with Gasteiger partial charge in [0.05, 0.1) is 25.9 Å². The Labute approximate surface area is 121 Å². The van der Waals surface area contributed by atoms with Crippen molar-refractivity contribution in [1.29, 1.82) is 0 Å². The van der Waals surface area contributed by atoms with Crippen molar-refractivity contribution in [2.75, 3.05) is 32.1 Å². The predicted octanol–water partition coefficient (Wildman–Crippen LogP) is 1.53. The van der Waals surface area contributed by atoms with Crippen molar-refractivity contribution in [3.63, 3.8) is 0 Å². The monoisotopic (exact) mass is 299 g/mol. The van der Waals surface area contributed by atoms with Crippen LogP contribution in [0.3, 0.4) is 0 Å². The quantitative estimate of drug-likeness (QED) is 0.838. The van der Waals surface area contributed by atoms with Gasteiger partial charge in [0.2, 0.25) is 5.91 Å². The Morgan fingerprint density at radius 2 is 2.20 bits per heavy atom. The highest BCUT2D eigenvalue weighted by Crippen LogP contribution is 2.20. The average molecular weight is 299 g/mol. The summed E-state index contributed by atoms with van der Waals surface area (Å²) in [6, 6.07) is 6.00. The number of halogens is 1. The Balaban J connectivity index is 1.78. The number of carbonyl (C=O) groups excluding carboxylic acids is 1. The molecule has 2 rings (SSSR count). The zero-order chi connectivity index (χ0) is 14.4. The molecule has 1 amide bonds. The Bertz CT molecular complexity index is 441. The molecule has 1 aliphatic rings. The maximum Gasteiger partial charge on any atom is 0.223 e. The van der Waals surface area contributed by atoms with E-state index in [-0.39, 0.29) is 24.4 Å². The van der Waals surface area contributed by atoms with Gasteiger partial charge in [-0.2, -0.15) is 0 Å². The molecule has 1 N–H and O–H groups in total. The van der Waals surface area contributed by atoms with Crippen LogP contribution in [0.4, 0.5) is 4.39 Å². The number of amides is 1. The second-order valence-electron chi connectivity index (χ2n) is 4.55. The molecule has 1 atom stereocenters. The maximum absolute atomic E-state index is 12.8. The molecule has 1 aromatic carbocycles. The molecule has 0 aromatic heterocycles. The number of benzene rings is 1. The van der Waals surface area contributed by atoms with Crippen molar-refractivity contribution in [2.45, 2.75) is 17.4 Å². The lowest BCUT2D eigenvalue weighted by molar-refractivity contribution is -0.141. The first-order valence-electron chi connectivity index (χ1n) is 6.57. The first kappa shape index (κ1) is 15.3. The van der Waals surface area contributed by atoms with Crippen molar-refractivity contribution < 1.29 is 19.0 Å². The number of thioether (sulfide) groups is 1. The molecule has 4 nitrogen and oxygen atoms in total. The van der Waals surface area contributed by atoms with Crippen molar-refractivity contribution in [3.8, 4) is 0 Å². The van der Waals surface area contributed by atoms with Crippen LogP contribution in [0.5, 0.6) is 0 Å². The molecule has 1 unspecified atom stereocenters. The smallest absolute Gasteiger partial charge is 0.223 e. The number of morpholine rings is 1. The molecule has 1 fully saturated rings. The van der Waals surface area contributed by atoms with Gasteiger partial charge in [-0.25, -0.2) is 4.39 Å². The van der Waals surface area contributed by atoms with Gasteiger partial charge in [0.15, 0.2) is 0 Å². The Kier molecular flexibility index (Phi) is 5.82. The summed E-state index contributed by atoms with van der Waals surface area (Å²) in [7, 11) is 0. The van der Waals surface area contributed by atoms with E-state index >= 15 is 0 Å². The number of ether oxygens (including phenoxy) is 1. The molecule has 0 radical (unpaired) electrons. The summed E-state index contributed by atoms with van der Waals surface area (Å²) in [6.45, 7) is 1.38. The summed E-state index contributed by atoms with van der Waals surface area (Å²) in [5, 5.41) is 9.23. The largest absolute Gasteiger partial charge is 0.394 e. The normalized spacial score (nSPS) is 19.1. The lowest BCUT2D eigenvalue weighted by Gasteiger charge is -2.34. The van der Waals surface area contributed by atoms with Crippen molar-refractivity contribution in [1.82, 2.24) is 4.90 Å². The number of carbonyl (C=O) groups is 1. The number of aliphatic hydroxyl groups excluding tert-OH is 1. The van der Waals surface area contributed by atoms with E-state index in [9.17, 15) is 14.3 Å². The molecule has 1 heterocycles. The van der Waals surface area contributed by atoms with Crippen LogP contribution >= 0.6 is 11.8 Å². The van der Waals surface area contributed by atoms with E-state index in [2.05, 4.69) is 0 Å². The third-order valence-corrected chi connectivity index (χ3v) is 4.17. The zero-order valence-electron chi connectivity index (χ0n) is 11.1. The van der Waals surface area contributed by atoms with E-state index in [4.69, 9.17) is 4.74 Å². The molecule has 6 heteroatoms. The van der Waals surface area contributed by atoms with Crippen LogP contribution in [0.2, 0.25) is 0 Å². The third-order valence-electron chi connectivity index (χ3n) is 3.16. The molecule has 0 saturated carbocycles. The van der Waals surface area contributed by atoms with E-state index in [1.54, 1.807) is 17.0 Å². The topological polar surface area (TPSA) is 49.8 Å². The summed E-state index contributed by atoms with van der Waals surface area (Å²) in [6.07, 6.45) is 0.401. The van der Waals surface area contributed by atoms with Crippen molar-refractivity contribution in [3.05, 3.63) is 30.1 Å². The van der Waals surface area contributed by atoms with Gasteiger partial charge in [0.25, 0.3) is 0 Å². The minimum absolute atomic E-state index is 0.0296. The minimum atomic E-state index is -0.260. The van der Waals surface area contributed by atoms with E-state index in [1.807, 2.05) is 0 Å². The molecule has 1 aromatic rings. The molecular formula is C14H18FNO3S. The molecule has 0 spiro atoms. The van der Waals surface area contributed by atoms with Crippen LogP contribution in [-0.2, 0) is 9.53 Å². The number of aliphatic hydroxyl groups is 1. The van der Waals surface area contributed by atoms with Gasteiger partial charge in [-0.05, 0) is 24.3 Å². The first-order chi connectivity index (χ1) is 9.70. The van der Waals surface area contributed by atoms with Crippen LogP contribution in [0.1, 0.15) is 6.42 Å². The standard InChI is InChI=1S/C14H18FNO3S/c15-11-1-3-13(4-2-11)20-8-5-14(18)16-6-7-19-10-12(16)9-17/h1-4,12,17H,5-10H2. The molecular weight excluding hydrogens is 281 g/mol. The fourth-order valence-electron chi connectivity index (χ4n) is 2.07. The van der Waals surface area contributed by atoms with Gasteiger partial charge in [0.1, 0.15) is 5.82 Å². The lowest BCUT2D eigenvalue weighted by Crippen LogP contribution is -2.50. The highest BCUT2D eigenvalue weighted by atomic mass is 32.2. The fraction of sp³-hybridized carbons (Fsp3) is 0.500. The molecule has 1 aliphatic heterocycles. The van der Waals surface area contributed by atoms with Crippen LogP contribution in [0.15, 0.2) is 29.2 Å². The molecule has 110 valence electrons. The molecule has 20 heavy (non-hydrogen) atoms. The van der Waals surface area contributed by atoms with E-state index in [0.717, 1.165) is 4.90 Å². The first-order valence-corrected chi connectivity index (χ1v) is 7.55. The van der Waals surface area contributed by atoms with Gasteiger partial charge in [-0.3, -0.25) is 4.79 Å². The number of rotatable bonds is 5. The highest BCUT2D eigenvalue weighted by Gasteiger charge is 2.26. The fourth-order valence-corrected chi connectivity index (χ4v) is 2.91. The van der Waals surface area contributed by atoms with Crippen LogP contribution in [0.25, 0.3) is 0 Å². The third kappa shape index (κ3) is 4.19. The van der Waals surface area contributed by atoms with E-state index in [0.29, 0.717) is 31.9 Å². The summed E-state index contributed by atoms with van der Waals surface area (Å²) in [5.41, 5.74) is 0. The summed E-state index contributed by atoms with van der Waals surface area (Å²) >= 11 is 1.52. The Morgan fingerprint density at radius 1 is 1.45 bits per heavy atom. The van der Waals surface area contributed by atoms with E-state index < -0.39 is 0 Å². The predicted molar refractivity (Wildman–Crippen MR) is 75.1 cm³/mol. The Hall–Kier alpha value is -1.11. The van der Waals surface area contributed by atoms with Gasteiger partial charge in [0, 0.05) is 23.6 Å². The number of hydrogen-bond donors (Lipinski definition) is 1. The van der Waals surface area contributed by atoms with Gasteiger partial charge >= 0.3 is 0 Å². The average Bonchev–Trinajstić information content (AvgIpc) is 2.49. The van der Waals surface area contributed by atoms with Gasteiger partial charge < -0.3 is 14.7 Å². The molecule has 0 aliphatic carbocycles. The number of hydrogen-bond acceptors (Lipinski definition) is 4. The second kappa shape index (κ2) is 7.61. The molecule has 1 saturated heterocycles. The van der Waals surface area contributed by atoms with Gasteiger partial charge in [-0.1, -0.05) is 0 Å². The SMILES string of the molecule is O=C(CCSc1ccc(F)cc1)N1CCOCC1CO. The van der Waals surface area contributed by atoms with Crippen molar-refractivity contribution >= 4 is 17.7 Å². The summed E-state index contributed by atoms with van der Waals surface area (Å²) in [4.78, 5) is 14.7. The van der Waals surface area contributed by atoms with Crippen LogP contribution in [-0.4, -0.2) is 54.1 Å². The second-order valence-corrected chi connectivity index (χ2v) is 5.72. The molecule has 0 bridgehead atoms. The van der Waals surface area contributed by atoms with Crippen LogP contribution in [0, 0.1) is 5.82 Å². The minimum Gasteiger partial charge on any atom is -0.394 e. The number of nitrogens with zero attached hydrogens (tertiary/aromatic N) is 1. The zero-order valence-corrected chi connectivity index (χ0v) is 11.9. The summed E-state index contributed by atoms with van der Waals surface area (Å²) in [5.74, 6) is 0.409. The maximum atomic E-state index is 12.8. The van der Waals surface area contributed by atoms with Crippen molar-refractivity contribution in [2.24, 2.45) is 0 Å². The van der Waals surface area contributed by atoms with Gasteiger partial charge in [-0.15, -0.1) is 11.8 Å².